The van der Waals surface area contributed by atoms with Crippen LogP contribution in [0.15, 0.2) is 23.1 Å². The Labute approximate surface area is 123 Å². The van der Waals surface area contributed by atoms with Gasteiger partial charge in [-0.3, -0.25) is 4.79 Å². The van der Waals surface area contributed by atoms with Crippen molar-refractivity contribution < 1.29 is 22.7 Å². The van der Waals surface area contributed by atoms with Crippen molar-refractivity contribution in [1.82, 2.24) is 4.72 Å². The molecule has 1 aliphatic rings. The molecule has 0 aliphatic heterocycles. The number of benzene rings is 1. The minimum Gasteiger partial charge on any atom is -0.481 e. The molecule has 0 amide bonds. The van der Waals surface area contributed by atoms with Crippen LogP contribution in [0.4, 0.5) is 4.39 Å². The molecule has 1 aromatic rings. The molecular weight excluding hydrogens is 297 g/mol. The number of hydrogen-bond donors (Lipinski definition) is 2. The van der Waals surface area contributed by atoms with Crippen LogP contribution in [0.2, 0.25) is 0 Å². The number of carboxylic acid groups (broad SMARTS) is 1. The van der Waals surface area contributed by atoms with Gasteiger partial charge in [0.2, 0.25) is 10.0 Å². The monoisotopic (exact) mass is 315 g/mol. The number of rotatable bonds is 4. The molecule has 7 heteroatoms. The number of sulfonamides is 1. The Kier molecular flexibility index (Phi) is 4.63. The zero-order valence-electron chi connectivity index (χ0n) is 11.7. The van der Waals surface area contributed by atoms with Gasteiger partial charge in [0.1, 0.15) is 10.7 Å². The van der Waals surface area contributed by atoms with Crippen LogP contribution in [0.1, 0.15) is 31.2 Å². The Morgan fingerprint density at radius 3 is 2.43 bits per heavy atom. The molecule has 0 saturated heterocycles. The highest BCUT2D eigenvalue weighted by molar-refractivity contribution is 7.89. The van der Waals surface area contributed by atoms with Gasteiger partial charge < -0.3 is 5.11 Å². The first kappa shape index (κ1) is 15.9. The van der Waals surface area contributed by atoms with Crippen LogP contribution in [0.25, 0.3) is 0 Å². The molecule has 0 spiro atoms. The molecule has 5 nitrogen and oxygen atoms in total. The van der Waals surface area contributed by atoms with E-state index in [1.807, 2.05) is 0 Å². The van der Waals surface area contributed by atoms with Crippen LogP contribution in [-0.2, 0) is 14.8 Å². The van der Waals surface area contributed by atoms with Crippen molar-refractivity contribution in [2.75, 3.05) is 0 Å². The fourth-order valence-electron chi connectivity index (χ4n) is 2.56. The maximum Gasteiger partial charge on any atom is 0.306 e. The molecular formula is C14H18FNO4S. The summed E-state index contributed by atoms with van der Waals surface area (Å²) in [5.41, 5.74) is 0.647. The molecule has 1 aromatic carbocycles. The third-order valence-electron chi connectivity index (χ3n) is 3.78. The van der Waals surface area contributed by atoms with E-state index in [1.165, 1.54) is 12.1 Å². The third kappa shape index (κ3) is 3.79. The van der Waals surface area contributed by atoms with E-state index in [2.05, 4.69) is 4.72 Å². The standard InChI is InChI=1S/C14H18FNO4S/c1-9-2-7-13(12(15)8-9)21(19,20)16-11-5-3-10(4-6-11)14(17)18/h2,7-8,10-11,16H,3-6H2,1H3,(H,17,18). The van der Waals surface area contributed by atoms with Gasteiger partial charge in [-0.2, -0.15) is 0 Å². The Morgan fingerprint density at radius 2 is 1.90 bits per heavy atom. The maximum atomic E-state index is 13.8. The number of carboxylic acids is 1. The molecule has 1 fully saturated rings. The summed E-state index contributed by atoms with van der Waals surface area (Å²) < 4.78 is 40.6. The van der Waals surface area contributed by atoms with Gasteiger partial charge in [0.15, 0.2) is 0 Å². The summed E-state index contributed by atoms with van der Waals surface area (Å²) in [7, 11) is -3.92. The average molecular weight is 315 g/mol. The molecule has 1 aliphatic carbocycles. The van der Waals surface area contributed by atoms with Crippen molar-refractivity contribution in [3.8, 4) is 0 Å². The molecule has 1 saturated carbocycles. The van der Waals surface area contributed by atoms with E-state index in [0.29, 0.717) is 31.2 Å². The normalized spacial score (nSPS) is 23.0. The van der Waals surface area contributed by atoms with Crippen molar-refractivity contribution in [2.24, 2.45) is 5.92 Å². The lowest BCUT2D eigenvalue weighted by atomic mass is 9.87. The Bertz CT molecular complexity index is 636. The molecule has 2 rings (SSSR count). The molecule has 0 unspecified atom stereocenters. The van der Waals surface area contributed by atoms with Crippen LogP contribution in [0.5, 0.6) is 0 Å². The average Bonchev–Trinajstić information content (AvgIpc) is 2.38. The van der Waals surface area contributed by atoms with Crippen molar-refractivity contribution in [3.63, 3.8) is 0 Å². The Balaban J connectivity index is 2.07. The molecule has 0 aromatic heterocycles. The number of aliphatic carboxylic acids is 1. The van der Waals surface area contributed by atoms with Crippen LogP contribution in [0, 0.1) is 18.7 Å². The zero-order chi connectivity index (χ0) is 15.6. The fraction of sp³-hybridized carbons (Fsp3) is 0.500. The summed E-state index contributed by atoms with van der Waals surface area (Å²) >= 11 is 0. The largest absolute Gasteiger partial charge is 0.481 e. The SMILES string of the molecule is Cc1ccc(S(=O)(=O)NC2CCC(C(=O)O)CC2)c(F)c1. The second-order valence-electron chi connectivity index (χ2n) is 5.44. The number of hydrogen-bond acceptors (Lipinski definition) is 3. The predicted molar refractivity (Wildman–Crippen MR) is 74.8 cm³/mol. The molecule has 116 valence electrons. The minimum absolute atomic E-state index is 0.341. The summed E-state index contributed by atoms with van der Waals surface area (Å²) in [6.45, 7) is 1.68. The van der Waals surface area contributed by atoms with E-state index >= 15 is 0 Å². The van der Waals surface area contributed by atoms with Crippen LogP contribution in [-0.4, -0.2) is 25.5 Å². The van der Waals surface area contributed by atoms with E-state index in [9.17, 15) is 17.6 Å². The van der Waals surface area contributed by atoms with Gasteiger partial charge in [0.25, 0.3) is 0 Å². The summed E-state index contributed by atoms with van der Waals surface area (Å²) in [5.74, 6) is -2.04. The van der Waals surface area contributed by atoms with Gasteiger partial charge in [0, 0.05) is 6.04 Å². The highest BCUT2D eigenvalue weighted by Crippen LogP contribution is 2.26. The fourth-order valence-corrected chi connectivity index (χ4v) is 3.93. The van der Waals surface area contributed by atoms with Gasteiger partial charge >= 0.3 is 5.97 Å². The van der Waals surface area contributed by atoms with Crippen LogP contribution >= 0.6 is 0 Å². The number of aryl methyl sites for hydroxylation is 1. The summed E-state index contributed by atoms with van der Waals surface area (Å²) in [6, 6.07) is 3.62. The molecule has 0 bridgehead atoms. The number of carbonyl (C=O) groups is 1. The second kappa shape index (κ2) is 6.11. The van der Waals surface area contributed by atoms with E-state index in [4.69, 9.17) is 5.11 Å². The van der Waals surface area contributed by atoms with Crippen molar-refractivity contribution >= 4 is 16.0 Å². The van der Waals surface area contributed by atoms with E-state index in [1.54, 1.807) is 13.0 Å². The third-order valence-corrected chi connectivity index (χ3v) is 5.33. The minimum atomic E-state index is -3.92. The lowest BCUT2D eigenvalue weighted by Gasteiger charge is -2.26. The topological polar surface area (TPSA) is 83.5 Å². The van der Waals surface area contributed by atoms with E-state index in [0.717, 1.165) is 0 Å². The van der Waals surface area contributed by atoms with E-state index < -0.39 is 27.7 Å². The molecule has 0 atom stereocenters. The summed E-state index contributed by atoms with van der Waals surface area (Å²) in [5, 5.41) is 8.91. The van der Waals surface area contributed by atoms with Crippen molar-refractivity contribution in [1.29, 1.82) is 0 Å². The zero-order valence-corrected chi connectivity index (χ0v) is 12.5. The smallest absolute Gasteiger partial charge is 0.306 e. The van der Waals surface area contributed by atoms with Gasteiger partial charge in [-0.05, 0) is 50.3 Å². The van der Waals surface area contributed by atoms with Crippen molar-refractivity contribution in [2.45, 2.75) is 43.5 Å². The quantitative estimate of drug-likeness (QED) is 0.891. The molecule has 2 N–H and O–H groups in total. The lowest BCUT2D eigenvalue weighted by molar-refractivity contribution is -0.142. The first-order valence-electron chi connectivity index (χ1n) is 6.81. The summed E-state index contributed by atoms with van der Waals surface area (Å²) in [6.07, 6.45) is 1.76. The molecule has 0 radical (unpaired) electrons. The predicted octanol–water partition coefficient (Wildman–Crippen LogP) is 2.06. The van der Waals surface area contributed by atoms with Gasteiger partial charge in [0.05, 0.1) is 5.92 Å². The Morgan fingerprint density at radius 1 is 1.29 bits per heavy atom. The van der Waals surface area contributed by atoms with Crippen molar-refractivity contribution in [3.05, 3.63) is 29.6 Å². The summed E-state index contributed by atoms with van der Waals surface area (Å²) in [4.78, 5) is 10.5. The maximum absolute atomic E-state index is 13.8. The number of halogens is 1. The lowest BCUT2D eigenvalue weighted by Crippen LogP contribution is -2.39. The Hall–Kier alpha value is -1.47. The van der Waals surface area contributed by atoms with Crippen LogP contribution < -0.4 is 4.72 Å². The first-order chi connectivity index (χ1) is 9.79. The molecule has 0 heterocycles. The number of nitrogens with one attached hydrogen (secondary N) is 1. The van der Waals surface area contributed by atoms with Gasteiger partial charge in [-0.1, -0.05) is 6.07 Å². The van der Waals surface area contributed by atoms with Crippen LogP contribution in [0.3, 0.4) is 0 Å². The highest BCUT2D eigenvalue weighted by atomic mass is 32.2. The van der Waals surface area contributed by atoms with E-state index in [-0.39, 0.29) is 10.9 Å². The highest BCUT2D eigenvalue weighted by Gasteiger charge is 2.29. The van der Waals surface area contributed by atoms with Gasteiger partial charge in [-0.15, -0.1) is 0 Å². The van der Waals surface area contributed by atoms with Gasteiger partial charge in [-0.25, -0.2) is 17.5 Å². The second-order valence-corrected chi connectivity index (χ2v) is 7.12. The first-order valence-corrected chi connectivity index (χ1v) is 8.29. The molecule has 21 heavy (non-hydrogen) atoms.